The number of piperidine rings is 1. The van der Waals surface area contributed by atoms with E-state index in [0.717, 1.165) is 0 Å². The summed E-state index contributed by atoms with van der Waals surface area (Å²) >= 11 is 0. The van der Waals surface area contributed by atoms with Crippen molar-refractivity contribution in [1.29, 1.82) is 0 Å². The molecular weight excluding hydrogens is 410 g/mol. The molecule has 11 heteroatoms. The Balaban J connectivity index is 0.00000243. The van der Waals surface area contributed by atoms with Gasteiger partial charge in [-0.2, -0.15) is 0 Å². The van der Waals surface area contributed by atoms with Crippen LogP contribution in [0.15, 0.2) is 21.7 Å². The van der Waals surface area contributed by atoms with Crippen LogP contribution < -0.4 is 16.9 Å². The molecule has 0 atom stereocenters. The molecular formula is C15H18BrN5O5. The summed E-state index contributed by atoms with van der Waals surface area (Å²) in [6, 6.07) is 2.75. The molecule has 2 heterocycles. The minimum Gasteiger partial charge on any atom is -0.369 e. The van der Waals surface area contributed by atoms with E-state index in [1.165, 1.54) is 12.1 Å². The van der Waals surface area contributed by atoms with Crippen molar-refractivity contribution in [3.05, 3.63) is 48.5 Å². The number of nitrogens with zero attached hydrogens (tertiary/aromatic N) is 2. The summed E-state index contributed by atoms with van der Waals surface area (Å²) in [7, 11) is 0. The molecule has 1 aliphatic rings. The lowest BCUT2D eigenvalue weighted by atomic mass is 9.96. The van der Waals surface area contributed by atoms with Gasteiger partial charge < -0.3 is 15.7 Å². The molecule has 0 aliphatic carbocycles. The number of carbonyl (C=O) groups excluding carboxylic acids is 1. The number of primary amides is 1. The predicted molar refractivity (Wildman–Crippen MR) is 99.4 cm³/mol. The number of nitrogens with one attached hydrogen (secondary N) is 2. The van der Waals surface area contributed by atoms with Crippen LogP contribution in [0.25, 0.3) is 11.0 Å². The Kier molecular flexibility index (Phi) is 5.93. The summed E-state index contributed by atoms with van der Waals surface area (Å²) in [6.07, 6.45) is 1.22. The maximum Gasteiger partial charge on any atom is 0.314 e. The summed E-state index contributed by atoms with van der Waals surface area (Å²) in [5, 5.41) is 11.4. The number of halogens is 1. The molecule has 2 aromatic rings. The van der Waals surface area contributed by atoms with E-state index in [-0.39, 0.29) is 40.0 Å². The molecule has 1 fully saturated rings. The van der Waals surface area contributed by atoms with Crippen LogP contribution in [0, 0.1) is 16.0 Å². The number of likely N-dealkylation sites (tertiary alicyclic amines) is 1. The predicted octanol–water partition coefficient (Wildman–Crippen LogP) is 0.400. The molecule has 1 aliphatic heterocycles. The van der Waals surface area contributed by atoms with Gasteiger partial charge in [0.05, 0.1) is 16.0 Å². The van der Waals surface area contributed by atoms with Crippen molar-refractivity contribution in [2.75, 3.05) is 13.1 Å². The van der Waals surface area contributed by atoms with Gasteiger partial charge >= 0.3 is 11.1 Å². The third-order valence-electron chi connectivity index (χ3n) is 4.50. The van der Waals surface area contributed by atoms with Crippen molar-refractivity contribution >= 4 is 39.6 Å². The molecule has 0 spiro atoms. The van der Waals surface area contributed by atoms with E-state index in [9.17, 15) is 24.5 Å². The van der Waals surface area contributed by atoms with Gasteiger partial charge in [0.1, 0.15) is 0 Å². The first-order valence-corrected chi connectivity index (χ1v) is 7.80. The number of fused-ring (bicyclic) bond motifs is 1. The van der Waals surface area contributed by atoms with Crippen molar-refractivity contribution < 1.29 is 9.72 Å². The first-order valence-electron chi connectivity index (χ1n) is 7.80. The zero-order valence-electron chi connectivity index (χ0n) is 13.7. The van der Waals surface area contributed by atoms with Gasteiger partial charge in [-0.15, -0.1) is 17.0 Å². The van der Waals surface area contributed by atoms with Crippen LogP contribution >= 0.6 is 17.0 Å². The first kappa shape index (κ1) is 19.8. The molecule has 1 aromatic heterocycles. The highest BCUT2D eigenvalue weighted by atomic mass is 79.9. The number of nitro benzene ring substituents is 1. The summed E-state index contributed by atoms with van der Waals surface area (Å²) < 4.78 is 0. The molecule has 4 N–H and O–H groups in total. The lowest BCUT2D eigenvalue weighted by Crippen LogP contribution is -2.38. The number of rotatable bonds is 4. The minimum atomic E-state index is -0.858. The van der Waals surface area contributed by atoms with Crippen molar-refractivity contribution in [3.8, 4) is 0 Å². The summed E-state index contributed by atoms with van der Waals surface area (Å²) in [5.74, 6) is -0.484. The second kappa shape index (κ2) is 7.79. The van der Waals surface area contributed by atoms with Gasteiger partial charge in [0, 0.05) is 24.1 Å². The van der Waals surface area contributed by atoms with Gasteiger partial charge in [-0.1, -0.05) is 0 Å². The number of carbonyl (C=O) groups is 1. The van der Waals surface area contributed by atoms with Gasteiger partial charge in [0.25, 0.3) is 5.69 Å². The molecule has 3 rings (SSSR count). The highest BCUT2D eigenvalue weighted by Crippen LogP contribution is 2.26. The number of amides is 1. The van der Waals surface area contributed by atoms with Gasteiger partial charge in [-0.3, -0.25) is 29.4 Å². The standard InChI is InChI=1S/C15H17N5O5.BrH/c16-13(21)8-1-3-19(4-2-8)7-9-5-10-11(6-12(9)20(24)25)18-15(23)14(22)17-10;/h5-6,8H,1-4,7H2,(H2,16,21)(H,17,22)(H,18,23);1H. The number of nitro groups is 1. The van der Waals surface area contributed by atoms with E-state index in [1.54, 1.807) is 0 Å². The normalized spacial score (nSPS) is 15.5. The number of hydrogen-bond acceptors (Lipinski definition) is 6. The van der Waals surface area contributed by atoms with Crippen molar-refractivity contribution in [2.24, 2.45) is 11.7 Å². The average molecular weight is 428 g/mol. The van der Waals surface area contributed by atoms with Gasteiger partial charge in [-0.25, -0.2) is 0 Å². The SMILES string of the molecule is Br.NC(=O)C1CCN(Cc2cc3[nH]c(=O)c(=O)[nH]c3cc2[N+](=O)[O-])CC1. The highest BCUT2D eigenvalue weighted by Gasteiger charge is 2.25. The van der Waals surface area contributed by atoms with Crippen LogP contribution in [0.4, 0.5) is 5.69 Å². The third-order valence-corrected chi connectivity index (χ3v) is 4.50. The smallest absolute Gasteiger partial charge is 0.314 e. The zero-order chi connectivity index (χ0) is 18.1. The summed E-state index contributed by atoms with van der Waals surface area (Å²) in [4.78, 5) is 51.7. The van der Waals surface area contributed by atoms with Gasteiger partial charge in [0.2, 0.25) is 5.91 Å². The maximum atomic E-state index is 11.5. The van der Waals surface area contributed by atoms with Crippen LogP contribution in [0.1, 0.15) is 18.4 Å². The zero-order valence-corrected chi connectivity index (χ0v) is 15.4. The first-order chi connectivity index (χ1) is 11.8. The third kappa shape index (κ3) is 3.99. The summed E-state index contributed by atoms with van der Waals surface area (Å²) in [6.45, 7) is 1.51. The van der Waals surface area contributed by atoms with Crippen molar-refractivity contribution in [1.82, 2.24) is 14.9 Å². The number of H-pyrrole nitrogens is 2. The molecule has 0 bridgehead atoms. The summed E-state index contributed by atoms with van der Waals surface area (Å²) in [5.41, 5.74) is 4.47. The molecule has 10 nitrogen and oxygen atoms in total. The quantitative estimate of drug-likeness (QED) is 0.364. The highest BCUT2D eigenvalue weighted by molar-refractivity contribution is 8.93. The van der Waals surface area contributed by atoms with Crippen LogP contribution in [-0.4, -0.2) is 38.8 Å². The lowest BCUT2D eigenvalue weighted by Gasteiger charge is -2.30. The lowest BCUT2D eigenvalue weighted by molar-refractivity contribution is -0.385. The number of aromatic amines is 2. The number of nitrogens with two attached hydrogens (primary N) is 1. The average Bonchev–Trinajstić information content (AvgIpc) is 2.56. The van der Waals surface area contributed by atoms with E-state index in [1.807, 2.05) is 4.90 Å². The Morgan fingerprint density at radius 1 is 1.19 bits per heavy atom. The van der Waals surface area contributed by atoms with Crippen LogP contribution in [0.2, 0.25) is 0 Å². The molecule has 1 saturated heterocycles. The Hall–Kier alpha value is -2.53. The minimum absolute atomic E-state index is 0. The molecule has 0 saturated carbocycles. The monoisotopic (exact) mass is 427 g/mol. The van der Waals surface area contributed by atoms with Crippen molar-refractivity contribution in [2.45, 2.75) is 19.4 Å². The second-order valence-corrected chi connectivity index (χ2v) is 6.14. The molecule has 140 valence electrons. The molecule has 26 heavy (non-hydrogen) atoms. The topological polar surface area (TPSA) is 155 Å². The van der Waals surface area contributed by atoms with Crippen LogP contribution in [-0.2, 0) is 11.3 Å². The van der Waals surface area contributed by atoms with Crippen molar-refractivity contribution in [3.63, 3.8) is 0 Å². The van der Waals surface area contributed by atoms with Crippen LogP contribution in [0.3, 0.4) is 0 Å². The van der Waals surface area contributed by atoms with E-state index in [0.29, 0.717) is 43.6 Å². The van der Waals surface area contributed by atoms with Gasteiger partial charge in [0.15, 0.2) is 0 Å². The Labute approximate surface area is 157 Å². The molecule has 1 aromatic carbocycles. The fraction of sp³-hybridized carbons (Fsp3) is 0.400. The van der Waals surface area contributed by atoms with E-state index in [2.05, 4.69) is 9.97 Å². The molecule has 1 amide bonds. The molecule has 0 unspecified atom stereocenters. The Bertz CT molecular complexity index is 961. The van der Waals surface area contributed by atoms with Crippen LogP contribution in [0.5, 0.6) is 0 Å². The fourth-order valence-electron chi connectivity index (χ4n) is 3.11. The number of benzene rings is 1. The number of aromatic nitrogens is 2. The van der Waals surface area contributed by atoms with E-state index in [4.69, 9.17) is 5.73 Å². The number of hydrogen-bond donors (Lipinski definition) is 3. The Morgan fingerprint density at radius 2 is 1.73 bits per heavy atom. The fourth-order valence-corrected chi connectivity index (χ4v) is 3.11. The second-order valence-electron chi connectivity index (χ2n) is 6.14. The molecule has 0 radical (unpaired) electrons. The Morgan fingerprint density at radius 3 is 2.23 bits per heavy atom. The van der Waals surface area contributed by atoms with E-state index >= 15 is 0 Å². The van der Waals surface area contributed by atoms with Gasteiger partial charge in [-0.05, 0) is 32.0 Å². The van der Waals surface area contributed by atoms with E-state index < -0.39 is 16.0 Å². The maximum absolute atomic E-state index is 11.5. The largest absolute Gasteiger partial charge is 0.369 e.